The molecule has 1 rings (SSSR count). The topological polar surface area (TPSA) is 50.7 Å². The van der Waals surface area contributed by atoms with Crippen molar-refractivity contribution in [3.63, 3.8) is 0 Å². The highest BCUT2D eigenvalue weighted by Crippen LogP contribution is 2.22. The molecule has 1 fully saturated rings. The van der Waals surface area contributed by atoms with E-state index < -0.39 is 0 Å². The van der Waals surface area contributed by atoms with Gasteiger partial charge in [0.05, 0.1) is 12.7 Å². The van der Waals surface area contributed by atoms with E-state index in [0.29, 0.717) is 18.4 Å². The average molecular weight is 249 g/mol. The molecule has 0 aliphatic carbocycles. The van der Waals surface area contributed by atoms with Crippen molar-refractivity contribution in [1.29, 1.82) is 0 Å². The predicted octanol–water partition coefficient (Wildman–Crippen LogP) is 0.495. The van der Waals surface area contributed by atoms with Crippen molar-refractivity contribution in [2.24, 2.45) is 0 Å². The smallest absolute Gasteiger partial charge is 0.0754 e. The first-order chi connectivity index (χ1) is 7.83. The Bertz CT molecular complexity index is 165. The summed E-state index contributed by atoms with van der Waals surface area (Å²) in [7, 11) is 1.68. The SMILES string of the molecule is COCCNCC(O)CSC1CCOCC1. The molecular weight excluding hydrogens is 226 g/mol. The van der Waals surface area contributed by atoms with Gasteiger partial charge in [-0.25, -0.2) is 0 Å². The predicted molar refractivity (Wildman–Crippen MR) is 67.1 cm³/mol. The first kappa shape index (κ1) is 14.3. The molecule has 0 bridgehead atoms. The number of methoxy groups -OCH3 is 1. The third kappa shape index (κ3) is 6.70. The second-order valence-corrected chi connectivity index (χ2v) is 5.33. The Morgan fingerprint density at radius 1 is 1.50 bits per heavy atom. The molecule has 0 aromatic carbocycles. The van der Waals surface area contributed by atoms with Gasteiger partial charge in [0.2, 0.25) is 0 Å². The van der Waals surface area contributed by atoms with E-state index in [1.54, 1.807) is 7.11 Å². The maximum absolute atomic E-state index is 9.72. The zero-order valence-electron chi connectivity index (χ0n) is 9.98. The van der Waals surface area contributed by atoms with Gasteiger partial charge in [-0.1, -0.05) is 0 Å². The van der Waals surface area contributed by atoms with Crippen LogP contribution in [-0.2, 0) is 9.47 Å². The molecule has 0 saturated carbocycles. The molecule has 2 N–H and O–H groups in total. The maximum Gasteiger partial charge on any atom is 0.0754 e. The Balaban J connectivity index is 1.94. The standard InChI is InChI=1S/C11H23NO3S/c1-14-7-4-12-8-10(13)9-16-11-2-5-15-6-3-11/h10-13H,2-9H2,1H3. The second-order valence-electron chi connectivity index (χ2n) is 4.00. The van der Waals surface area contributed by atoms with E-state index in [1.807, 2.05) is 11.8 Å². The van der Waals surface area contributed by atoms with Gasteiger partial charge in [-0.05, 0) is 12.8 Å². The van der Waals surface area contributed by atoms with Crippen LogP contribution >= 0.6 is 11.8 Å². The van der Waals surface area contributed by atoms with Gasteiger partial charge in [-0.15, -0.1) is 0 Å². The highest BCUT2D eigenvalue weighted by Gasteiger charge is 2.15. The number of aliphatic hydroxyl groups is 1. The molecular formula is C11H23NO3S. The van der Waals surface area contributed by atoms with Gasteiger partial charge in [0.1, 0.15) is 0 Å². The third-order valence-corrected chi connectivity index (χ3v) is 4.08. The molecule has 1 saturated heterocycles. The average Bonchev–Trinajstić information content (AvgIpc) is 2.33. The molecule has 1 unspecified atom stereocenters. The number of thioether (sulfide) groups is 1. The minimum absolute atomic E-state index is 0.260. The minimum Gasteiger partial charge on any atom is -0.391 e. The number of nitrogens with one attached hydrogen (secondary N) is 1. The quantitative estimate of drug-likeness (QED) is 0.613. The van der Waals surface area contributed by atoms with Crippen LogP contribution in [0.25, 0.3) is 0 Å². The van der Waals surface area contributed by atoms with Crippen LogP contribution in [0.3, 0.4) is 0 Å². The highest BCUT2D eigenvalue weighted by molar-refractivity contribution is 7.99. The molecule has 0 aromatic heterocycles. The molecule has 0 radical (unpaired) electrons. The van der Waals surface area contributed by atoms with E-state index in [4.69, 9.17) is 9.47 Å². The Morgan fingerprint density at radius 3 is 2.94 bits per heavy atom. The first-order valence-electron chi connectivity index (χ1n) is 5.90. The van der Waals surface area contributed by atoms with Crippen molar-refractivity contribution in [3.05, 3.63) is 0 Å². The fraction of sp³-hybridized carbons (Fsp3) is 1.00. The lowest BCUT2D eigenvalue weighted by Crippen LogP contribution is -2.31. The molecule has 0 aromatic rings. The van der Waals surface area contributed by atoms with Crippen molar-refractivity contribution in [1.82, 2.24) is 5.32 Å². The van der Waals surface area contributed by atoms with E-state index in [9.17, 15) is 5.11 Å². The van der Waals surface area contributed by atoms with Gasteiger partial charge in [-0.2, -0.15) is 11.8 Å². The molecule has 1 heterocycles. The molecule has 5 heteroatoms. The van der Waals surface area contributed by atoms with Crippen LogP contribution < -0.4 is 5.32 Å². The molecule has 0 spiro atoms. The summed E-state index contributed by atoms with van der Waals surface area (Å²) in [5, 5.41) is 13.6. The number of hydrogen-bond donors (Lipinski definition) is 2. The van der Waals surface area contributed by atoms with Crippen molar-refractivity contribution in [2.45, 2.75) is 24.2 Å². The summed E-state index contributed by atoms with van der Waals surface area (Å²) in [4.78, 5) is 0. The van der Waals surface area contributed by atoms with Crippen LogP contribution in [-0.4, -0.2) is 62.2 Å². The molecule has 1 aliphatic heterocycles. The van der Waals surface area contributed by atoms with E-state index in [1.165, 1.54) is 0 Å². The van der Waals surface area contributed by atoms with Gasteiger partial charge < -0.3 is 19.9 Å². The molecule has 16 heavy (non-hydrogen) atoms. The normalized spacial score (nSPS) is 19.9. The molecule has 96 valence electrons. The van der Waals surface area contributed by atoms with Crippen molar-refractivity contribution in [3.8, 4) is 0 Å². The summed E-state index contributed by atoms with van der Waals surface area (Å²) in [5.41, 5.74) is 0. The van der Waals surface area contributed by atoms with Gasteiger partial charge in [-0.3, -0.25) is 0 Å². The maximum atomic E-state index is 9.72. The van der Waals surface area contributed by atoms with Crippen LogP contribution in [0.2, 0.25) is 0 Å². The highest BCUT2D eigenvalue weighted by atomic mass is 32.2. The Labute approximate surface area is 102 Å². The fourth-order valence-electron chi connectivity index (χ4n) is 1.59. The van der Waals surface area contributed by atoms with E-state index in [-0.39, 0.29) is 6.10 Å². The summed E-state index contributed by atoms with van der Waals surface area (Å²) >= 11 is 1.87. The summed E-state index contributed by atoms with van der Waals surface area (Å²) < 4.78 is 10.2. The van der Waals surface area contributed by atoms with Crippen LogP contribution in [0.4, 0.5) is 0 Å². The van der Waals surface area contributed by atoms with Crippen molar-refractivity contribution < 1.29 is 14.6 Å². The van der Waals surface area contributed by atoms with Crippen molar-refractivity contribution in [2.75, 3.05) is 45.8 Å². The van der Waals surface area contributed by atoms with Crippen LogP contribution in [0.5, 0.6) is 0 Å². The molecule has 1 atom stereocenters. The largest absolute Gasteiger partial charge is 0.391 e. The van der Waals surface area contributed by atoms with Crippen molar-refractivity contribution >= 4 is 11.8 Å². The minimum atomic E-state index is -0.260. The number of rotatable bonds is 8. The van der Waals surface area contributed by atoms with Crippen LogP contribution in [0, 0.1) is 0 Å². The number of hydrogen-bond acceptors (Lipinski definition) is 5. The summed E-state index contributed by atoms with van der Waals surface area (Å²) in [5.74, 6) is 0.810. The summed E-state index contributed by atoms with van der Waals surface area (Å²) in [6.45, 7) is 3.90. The molecule has 4 nitrogen and oxygen atoms in total. The third-order valence-electron chi connectivity index (χ3n) is 2.56. The molecule has 0 amide bonds. The van der Waals surface area contributed by atoms with Gasteiger partial charge in [0.25, 0.3) is 0 Å². The zero-order valence-corrected chi connectivity index (χ0v) is 10.8. The number of ether oxygens (including phenoxy) is 2. The van der Waals surface area contributed by atoms with E-state index in [2.05, 4.69) is 5.32 Å². The first-order valence-corrected chi connectivity index (χ1v) is 6.95. The lowest BCUT2D eigenvalue weighted by Gasteiger charge is -2.22. The fourth-order valence-corrected chi connectivity index (χ4v) is 2.73. The monoisotopic (exact) mass is 249 g/mol. The summed E-state index contributed by atoms with van der Waals surface area (Å²) in [6.07, 6.45) is 1.98. The summed E-state index contributed by atoms with van der Waals surface area (Å²) in [6, 6.07) is 0. The van der Waals surface area contributed by atoms with Gasteiger partial charge >= 0.3 is 0 Å². The Morgan fingerprint density at radius 2 is 2.25 bits per heavy atom. The lowest BCUT2D eigenvalue weighted by molar-refractivity contribution is 0.0998. The van der Waals surface area contributed by atoms with Gasteiger partial charge in [0, 0.05) is 44.4 Å². The van der Waals surface area contributed by atoms with Crippen LogP contribution in [0.15, 0.2) is 0 Å². The lowest BCUT2D eigenvalue weighted by atomic mass is 10.2. The molecule has 1 aliphatic rings. The zero-order chi connectivity index (χ0) is 11.6. The Kier molecular flexibility index (Phi) is 8.23. The number of aliphatic hydroxyl groups excluding tert-OH is 1. The van der Waals surface area contributed by atoms with E-state index in [0.717, 1.165) is 38.4 Å². The van der Waals surface area contributed by atoms with Gasteiger partial charge in [0.15, 0.2) is 0 Å². The van der Waals surface area contributed by atoms with E-state index >= 15 is 0 Å². The Hall–Kier alpha value is 0.190. The second kappa shape index (κ2) is 9.24. The van der Waals surface area contributed by atoms with Crippen LogP contribution in [0.1, 0.15) is 12.8 Å².